The first-order chi connectivity index (χ1) is 7.00. The molecule has 0 radical (unpaired) electrons. The number of carbonyl (C=O) groups is 2. The minimum atomic E-state index is -0.367. The summed E-state index contributed by atoms with van der Waals surface area (Å²) in [6, 6.07) is 4.07. The fourth-order valence-corrected chi connectivity index (χ4v) is 1.09. The van der Waals surface area contributed by atoms with Crippen molar-refractivity contribution in [2.45, 2.75) is 13.8 Å². The van der Waals surface area contributed by atoms with E-state index in [1.165, 1.54) is 25.1 Å². The predicted octanol–water partition coefficient (Wildman–Crippen LogP) is 1.45. The number of ketones is 1. The lowest BCUT2D eigenvalue weighted by Crippen LogP contribution is -2.28. The second-order valence-electron chi connectivity index (χ2n) is 3.35. The molecule has 0 unspecified atom stereocenters. The van der Waals surface area contributed by atoms with Crippen molar-refractivity contribution in [3.63, 3.8) is 0 Å². The first-order valence-corrected chi connectivity index (χ1v) is 4.54. The van der Waals surface area contributed by atoms with E-state index in [0.29, 0.717) is 11.1 Å². The maximum absolute atomic E-state index is 12.9. The fourth-order valence-electron chi connectivity index (χ4n) is 1.09. The summed E-state index contributed by atoms with van der Waals surface area (Å²) in [5.74, 6) is -0.839. The SMILES string of the molecule is CC(=O)CNC(=O)c1ccc(F)c(C)c1. The van der Waals surface area contributed by atoms with E-state index in [-0.39, 0.29) is 24.1 Å². The van der Waals surface area contributed by atoms with Gasteiger partial charge in [0.05, 0.1) is 6.54 Å². The van der Waals surface area contributed by atoms with Crippen LogP contribution in [0.25, 0.3) is 0 Å². The summed E-state index contributed by atoms with van der Waals surface area (Å²) in [5, 5.41) is 2.43. The van der Waals surface area contributed by atoms with Gasteiger partial charge in [0, 0.05) is 5.56 Å². The second kappa shape index (κ2) is 4.68. The molecule has 1 N–H and O–H groups in total. The van der Waals surface area contributed by atoms with Crippen LogP contribution in [0.2, 0.25) is 0 Å². The van der Waals surface area contributed by atoms with E-state index in [2.05, 4.69) is 5.32 Å². The second-order valence-corrected chi connectivity index (χ2v) is 3.35. The number of aryl methyl sites for hydroxylation is 1. The third-order valence-electron chi connectivity index (χ3n) is 1.92. The molecule has 1 aromatic rings. The molecule has 0 aliphatic carbocycles. The van der Waals surface area contributed by atoms with Gasteiger partial charge in [0.15, 0.2) is 0 Å². The highest BCUT2D eigenvalue weighted by Gasteiger charge is 2.07. The molecule has 0 fully saturated rings. The lowest BCUT2D eigenvalue weighted by atomic mass is 10.1. The Hall–Kier alpha value is -1.71. The fraction of sp³-hybridized carbons (Fsp3) is 0.273. The maximum Gasteiger partial charge on any atom is 0.251 e. The number of hydrogen-bond donors (Lipinski definition) is 1. The number of benzene rings is 1. The molecule has 1 aromatic carbocycles. The third-order valence-corrected chi connectivity index (χ3v) is 1.92. The Balaban J connectivity index is 2.74. The van der Waals surface area contributed by atoms with Gasteiger partial charge < -0.3 is 5.32 Å². The number of hydrogen-bond acceptors (Lipinski definition) is 2. The highest BCUT2D eigenvalue weighted by Crippen LogP contribution is 2.08. The average Bonchev–Trinajstić information content (AvgIpc) is 2.18. The molecule has 4 heteroatoms. The normalized spacial score (nSPS) is 9.80. The Labute approximate surface area is 87.3 Å². The number of halogens is 1. The van der Waals surface area contributed by atoms with Crippen molar-refractivity contribution >= 4 is 11.7 Å². The zero-order valence-electron chi connectivity index (χ0n) is 8.63. The number of Topliss-reactive ketones (excluding diaryl/α,β-unsaturated/α-hetero) is 1. The van der Waals surface area contributed by atoms with E-state index in [1.54, 1.807) is 6.92 Å². The van der Waals surface area contributed by atoms with Gasteiger partial charge in [-0.15, -0.1) is 0 Å². The molecule has 80 valence electrons. The van der Waals surface area contributed by atoms with Gasteiger partial charge in [0.2, 0.25) is 0 Å². The van der Waals surface area contributed by atoms with E-state index >= 15 is 0 Å². The van der Waals surface area contributed by atoms with E-state index in [4.69, 9.17) is 0 Å². The molecule has 1 rings (SSSR count). The highest BCUT2D eigenvalue weighted by molar-refractivity contribution is 5.96. The van der Waals surface area contributed by atoms with Crippen molar-refractivity contribution in [3.05, 3.63) is 35.1 Å². The van der Waals surface area contributed by atoms with Crippen LogP contribution in [0.5, 0.6) is 0 Å². The van der Waals surface area contributed by atoms with Crippen LogP contribution in [0.4, 0.5) is 4.39 Å². The van der Waals surface area contributed by atoms with E-state index in [9.17, 15) is 14.0 Å². The Morgan fingerprint density at radius 2 is 2.07 bits per heavy atom. The van der Waals surface area contributed by atoms with Gasteiger partial charge >= 0.3 is 0 Å². The van der Waals surface area contributed by atoms with Crippen molar-refractivity contribution in [1.82, 2.24) is 5.32 Å². The summed E-state index contributed by atoms with van der Waals surface area (Å²) in [6.07, 6.45) is 0. The van der Waals surface area contributed by atoms with Crippen LogP contribution in [-0.2, 0) is 4.79 Å². The number of nitrogens with one attached hydrogen (secondary N) is 1. The molecule has 0 aliphatic rings. The van der Waals surface area contributed by atoms with Crippen LogP contribution >= 0.6 is 0 Å². The Morgan fingerprint density at radius 1 is 1.40 bits per heavy atom. The van der Waals surface area contributed by atoms with Crippen molar-refractivity contribution in [2.24, 2.45) is 0 Å². The Kier molecular flexibility index (Phi) is 3.55. The summed E-state index contributed by atoms with van der Waals surface area (Å²) in [7, 11) is 0. The van der Waals surface area contributed by atoms with Crippen LogP contribution in [0.15, 0.2) is 18.2 Å². The molecule has 0 spiro atoms. The van der Waals surface area contributed by atoms with Crippen molar-refractivity contribution in [3.8, 4) is 0 Å². The molecule has 0 atom stereocenters. The summed E-state index contributed by atoms with van der Waals surface area (Å²) < 4.78 is 12.9. The minimum Gasteiger partial charge on any atom is -0.345 e. The molecule has 0 bridgehead atoms. The topological polar surface area (TPSA) is 46.2 Å². The zero-order valence-corrected chi connectivity index (χ0v) is 8.63. The predicted molar refractivity (Wildman–Crippen MR) is 54.2 cm³/mol. The standard InChI is InChI=1S/C11H12FNO2/c1-7-5-9(3-4-10(7)12)11(15)13-6-8(2)14/h3-5H,6H2,1-2H3,(H,13,15). The molecule has 3 nitrogen and oxygen atoms in total. The molecule has 0 saturated carbocycles. The first kappa shape index (κ1) is 11.4. The van der Waals surface area contributed by atoms with Gasteiger partial charge in [0.1, 0.15) is 11.6 Å². The molecule has 15 heavy (non-hydrogen) atoms. The summed E-state index contributed by atoms with van der Waals surface area (Å²) in [6.45, 7) is 2.96. The van der Waals surface area contributed by atoms with Crippen LogP contribution in [0.1, 0.15) is 22.8 Å². The van der Waals surface area contributed by atoms with Crippen LogP contribution < -0.4 is 5.32 Å². The van der Waals surface area contributed by atoms with Gasteiger partial charge in [0.25, 0.3) is 5.91 Å². The Bertz CT molecular complexity index is 402. The number of amides is 1. The molecule has 0 aromatic heterocycles. The smallest absolute Gasteiger partial charge is 0.251 e. The maximum atomic E-state index is 12.9. The quantitative estimate of drug-likeness (QED) is 0.819. The summed E-state index contributed by atoms with van der Waals surface area (Å²) in [5.41, 5.74) is 0.764. The highest BCUT2D eigenvalue weighted by atomic mass is 19.1. The van der Waals surface area contributed by atoms with Gasteiger partial charge in [-0.25, -0.2) is 4.39 Å². The van der Waals surface area contributed by atoms with Gasteiger partial charge in [-0.05, 0) is 37.6 Å². The molecule has 0 aliphatic heterocycles. The summed E-state index contributed by atoms with van der Waals surface area (Å²) >= 11 is 0. The van der Waals surface area contributed by atoms with Gasteiger partial charge in [-0.1, -0.05) is 0 Å². The number of carbonyl (C=O) groups excluding carboxylic acids is 2. The molecule has 0 heterocycles. The zero-order chi connectivity index (χ0) is 11.4. The molecule has 1 amide bonds. The minimum absolute atomic E-state index is 0.00470. The lowest BCUT2D eigenvalue weighted by molar-refractivity contribution is -0.116. The molecular formula is C11H12FNO2. The van der Waals surface area contributed by atoms with Crippen molar-refractivity contribution in [1.29, 1.82) is 0 Å². The first-order valence-electron chi connectivity index (χ1n) is 4.54. The average molecular weight is 209 g/mol. The third kappa shape index (κ3) is 3.16. The lowest BCUT2D eigenvalue weighted by Gasteiger charge is -2.04. The van der Waals surface area contributed by atoms with E-state index in [1.807, 2.05) is 0 Å². The van der Waals surface area contributed by atoms with Gasteiger partial charge in [-0.3, -0.25) is 9.59 Å². The summed E-state index contributed by atoms with van der Waals surface area (Å²) in [4.78, 5) is 22.1. The monoisotopic (exact) mass is 209 g/mol. The van der Waals surface area contributed by atoms with Crippen molar-refractivity contribution in [2.75, 3.05) is 6.54 Å². The molecule has 0 saturated heterocycles. The van der Waals surface area contributed by atoms with Gasteiger partial charge in [-0.2, -0.15) is 0 Å². The Morgan fingerprint density at radius 3 is 2.60 bits per heavy atom. The number of rotatable bonds is 3. The largest absolute Gasteiger partial charge is 0.345 e. The van der Waals surface area contributed by atoms with Crippen LogP contribution in [-0.4, -0.2) is 18.2 Å². The van der Waals surface area contributed by atoms with Crippen LogP contribution in [0, 0.1) is 12.7 Å². The van der Waals surface area contributed by atoms with Crippen molar-refractivity contribution < 1.29 is 14.0 Å². The van der Waals surface area contributed by atoms with E-state index in [0.717, 1.165) is 0 Å². The van der Waals surface area contributed by atoms with E-state index < -0.39 is 0 Å². The van der Waals surface area contributed by atoms with Crippen LogP contribution in [0.3, 0.4) is 0 Å². The molecular weight excluding hydrogens is 197 g/mol.